The monoisotopic (exact) mass is 322 g/mol. The van der Waals surface area contributed by atoms with Crippen molar-refractivity contribution in [2.24, 2.45) is 5.92 Å². The van der Waals surface area contributed by atoms with Crippen molar-refractivity contribution in [1.82, 2.24) is 9.80 Å². The number of carbonyl (C=O) groups is 1. The Morgan fingerprint density at radius 2 is 2.09 bits per heavy atom. The lowest BCUT2D eigenvalue weighted by molar-refractivity contribution is -0.169. The first kappa shape index (κ1) is 17.5. The highest BCUT2D eigenvalue weighted by Gasteiger charge is 2.47. The van der Waals surface area contributed by atoms with Gasteiger partial charge in [-0.1, -0.05) is 6.92 Å². The van der Waals surface area contributed by atoms with Gasteiger partial charge in [0.1, 0.15) is 6.54 Å². The van der Waals surface area contributed by atoms with Gasteiger partial charge in [0.25, 0.3) is 0 Å². The van der Waals surface area contributed by atoms with Gasteiger partial charge in [0.15, 0.2) is 0 Å². The Kier molecular flexibility index (Phi) is 5.06. The van der Waals surface area contributed by atoms with E-state index in [-0.39, 0.29) is 13.2 Å². The fourth-order valence-corrected chi connectivity index (χ4v) is 3.93. The van der Waals surface area contributed by atoms with Crippen molar-refractivity contribution in [3.05, 3.63) is 0 Å². The van der Waals surface area contributed by atoms with Gasteiger partial charge >= 0.3 is 6.18 Å². The number of aliphatic hydroxyl groups excluding tert-OH is 1. The van der Waals surface area contributed by atoms with Crippen LogP contribution in [-0.4, -0.2) is 65.3 Å². The molecule has 1 N–H and O–H groups in total. The molecular formula is C15H25F3N2O2. The van der Waals surface area contributed by atoms with Crippen LogP contribution in [0.1, 0.15) is 39.0 Å². The molecule has 1 aliphatic carbocycles. The summed E-state index contributed by atoms with van der Waals surface area (Å²) in [5.74, 6) is -0.00183. The van der Waals surface area contributed by atoms with Crippen LogP contribution in [0.4, 0.5) is 13.2 Å². The molecule has 0 aromatic heterocycles. The second-order valence-electron chi connectivity index (χ2n) is 6.87. The topological polar surface area (TPSA) is 43.8 Å². The van der Waals surface area contributed by atoms with Crippen LogP contribution < -0.4 is 0 Å². The fraction of sp³-hybridized carbons (Fsp3) is 0.933. The van der Waals surface area contributed by atoms with Gasteiger partial charge in [-0.25, -0.2) is 0 Å². The molecule has 128 valence electrons. The van der Waals surface area contributed by atoms with Gasteiger partial charge in [0, 0.05) is 12.1 Å². The lowest BCUT2D eigenvalue weighted by atomic mass is 9.91. The van der Waals surface area contributed by atoms with E-state index in [1.807, 2.05) is 4.90 Å². The third-order valence-electron chi connectivity index (χ3n) is 5.21. The Labute approximate surface area is 129 Å². The number of halogens is 3. The lowest BCUT2D eigenvalue weighted by Gasteiger charge is -2.45. The first-order valence-corrected chi connectivity index (χ1v) is 7.88. The second kappa shape index (κ2) is 6.35. The predicted octanol–water partition coefficient (Wildman–Crippen LogP) is 2.02. The van der Waals surface area contributed by atoms with E-state index in [9.17, 15) is 23.1 Å². The van der Waals surface area contributed by atoms with Crippen molar-refractivity contribution in [2.45, 2.75) is 56.8 Å². The minimum Gasteiger partial charge on any atom is -0.394 e. The van der Waals surface area contributed by atoms with Crippen molar-refractivity contribution in [3.63, 3.8) is 0 Å². The van der Waals surface area contributed by atoms with E-state index in [0.29, 0.717) is 18.8 Å². The third-order valence-corrected chi connectivity index (χ3v) is 5.21. The SMILES string of the molecule is C[C@@H]1CC[C@@](CO)(N(C)[C@H]2CCCN(CC(F)(F)F)C2=O)C1. The first-order chi connectivity index (χ1) is 10.2. The van der Waals surface area contributed by atoms with Crippen molar-refractivity contribution in [2.75, 3.05) is 26.7 Å². The molecule has 0 aromatic carbocycles. The summed E-state index contributed by atoms with van der Waals surface area (Å²) in [6.45, 7) is 1.02. The molecule has 3 atom stereocenters. The van der Waals surface area contributed by atoms with E-state index >= 15 is 0 Å². The smallest absolute Gasteiger partial charge is 0.394 e. The number of likely N-dealkylation sites (tertiary alicyclic amines) is 1. The molecule has 7 heteroatoms. The van der Waals surface area contributed by atoms with Crippen LogP contribution in [0.15, 0.2) is 0 Å². The molecule has 4 nitrogen and oxygen atoms in total. The maximum absolute atomic E-state index is 12.6. The van der Waals surface area contributed by atoms with E-state index in [1.165, 1.54) is 0 Å². The molecule has 1 amide bonds. The predicted molar refractivity (Wildman–Crippen MR) is 76.3 cm³/mol. The fourth-order valence-electron chi connectivity index (χ4n) is 3.93. The quantitative estimate of drug-likeness (QED) is 0.861. The highest BCUT2D eigenvalue weighted by atomic mass is 19.4. The number of hydrogen-bond acceptors (Lipinski definition) is 3. The zero-order valence-corrected chi connectivity index (χ0v) is 13.2. The molecular weight excluding hydrogens is 297 g/mol. The summed E-state index contributed by atoms with van der Waals surface area (Å²) >= 11 is 0. The Bertz CT molecular complexity index is 416. The van der Waals surface area contributed by atoms with Gasteiger partial charge in [-0.2, -0.15) is 13.2 Å². The number of amides is 1. The molecule has 0 bridgehead atoms. The normalized spacial score (nSPS) is 33.8. The van der Waals surface area contributed by atoms with Crippen molar-refractivity contribution >= 4 is 5.91 Å². The summed E-state index contributed by atoms with van der Waals surface area (Å²) in [6, 6.07) is -0.562. The van der Waals surface area contributed by atoms with Gasteiger partial charge < -0.3 is 10.0 Å². The van der Waals surface area contributed by atoms with E-state index < -0.39 is 30.2 Å². The number of rotatable bonds is 4. The summed E-state index contributed by atoms with van der Waals surface area (Å²) in [7, 11) is 1.77. The number of alkyl halides is 3. The molecule has 0 unspecified atom stereocenters. The lowest BCUT2D eigenvalue weighted by Crippen LogP contribution is -2.60. The molecule has 1 aliphatic heterocycles. The van der Waals surface area contributed by atoms with Crippen LogP contribution in [0, 0.1) is 5.92 Å². The highest BCUT2D eigenvalue weighted by Crippen LogP contribution is 2.40. The molecule has 0 radical (unpaired) electrons. The molecule has 22 heavy (non-hydrogen) atoms. The summed E-state index contributed by atoms with van der Waals surface area (Å²) in [5, 5.41) is 9.83. The standard InChI is InChI=1S/C15H25F3N2O2/c1-11-5-6-14(8-11,10-21)19(2)12-4-3-7-20(13(12)22)9-15(16,17)18/h11-12,21H,3-10H2,1-2H3/t11-,12+,14-/m1/s1. The minimum atomic E-state index is -4.37. The van der Waals surface area contributed by atoms with Gasteiger partial charge in [0.2, 0.25) is 5.91 Å². The largest absolute Gasteiger partial charge is 0.406 e. The van der Waals surface area contributed by atoms with Crippen molar-refractivity contribution in [3.8, 4) is 0 Å². The number of hydrogen-bond donors (Lipinski definition) is 1. The van der Waals surface area contributed by atoms with E-state index in [0.717, 1.165) is 24.2 Å². The highest BCUT2D eigenvalue weighted by molar-refractivity contribution is 5.82. The van der Waals surface area contributed by atoms with Gasteiger partial charge in [-0.3, -0.25) is 9.69 Å². The average Bonchev–Trinajstić information content (AvgIpc) is 2.82. The number of carbonyl (C=O) groups excluding carboxylic acids is 1. The van der Waals surface area contributed by atoms with Gasteiger partial charge in [0.05, 0.1) is 12.6 Å². The summed E-state index contributed by atoms with van der Waals surface area (Å²) in [4.78, 5) is 15.2. The van der Waals surface area contributed by atoms with Crippen LogP contribution in [0.25, 0.3) is 0 Å². The van der Waals surface area contributed by atoms with E-state index in [4.69, 9.17) is 0 Å². The third kappa shape index (κ3) is 3.56. The van der Waals surface area contributed by atoms with Gasteiger partial charge in [-0.15, -0.1) is 0 Å². The van der Waals surface area contributed by atoms with E-state index in [1.54, 1.807) is 7.05 Å². The Morgan fingerprint density at radius 1 is 1.41 bits per heavy atom. The molecule has 1 saturated heterocycles. The molecule has 2 aliphatic rings. The Morgan fingerprint density at radius 3 is 2.59 bits per heavy atom. The first-order valence-electron chi connectivity index (χ1n) is 7.88. The Hall–Kier alpha value is -0.820. The number of likely N-dealkylation sites (N-methyl/N-ethyl adjacent to an activating group) is 1. The van der Waals surface area contributed by atoms with Crippen molar-refractivity contribution < 1.29 is 23.1 Å². The zero-order chi connectivity index (χ0) is 16.5. The molecule has 2 rings (SSSR count). The Balaban J connectivity index is 2.11. The maximum Gasteiger partial charge on any atom is 0.406 e. The van der Waals surface area contributed by atoms with E-state index in [2.05, 4.69) is 6.92 Å². The average molecular weight is 322 g/mol. The van der Waals surface area contributed by atoms with Gasteiger partial charge in [-0.05, 0) is 45.1 Å². The summed E-state index contributed by atoms with van der Waals surface area (Å²) in [5.41, 5.74) is -0.471. The maximum atomic E-state index is 12.6. The van der Waals surface area contributed by atoms with Crippen molar-refractivity contribution in [1.29, 1.82) is 0 Å². The molecule has 0 aromatic rings. The van der Waals surface area contributed by atoms with Crippen LogP contribution in [0.5, 0.6) is 0 Å². The van der Waals surface area contributed by atoms with Crippen LogP contribution in [0.3, 0.4) is 0 Å². The molecule has 1 saturated carbocycles. The molecule has 0 spiro atoms. The van der Waals surface area contributed by atoms with Crippen LogP contribution in [-0.2, 0) is 4.79 Å². The number of aliphatic hydroxyl groups is 1. The number of nitrogens with zero attached hydrogens (tertiary/aromatic N) is 2. The summed E-state index contributed by atoms with van der Waals surface area (Å²) < 4.78 is 37.8. The second-order valence-corrected chi connectivity index (χ2v) is 6.87. The van der Waals surface area contributed by atoms with Crippen LogP contribution in [0.2, 0.25) is 0 Å². The molecule has 1 heterocycles. The molecule has 2 fully saturated rings. The van der Waals surface area contributed by atoms with Crippen LogP contribution >= 0.6 is 0 Å². The summed E-state index contributed by atoms with van der Waals surface area (Å²) in [6.07, 6.45) is -0.717. The minimum absolute atomic E-state index is 0.0586. The zero-order valence-electron chi connectivity index (χ0n) is 13.2. The number of piperidine rings is 1.